The first-order valence-electron chi connectivity index (χ1n) is 7.69. The van der Waals surface area contributed by atoms with Crippen LogP contribution in [0.15, 0.2) is 45.8 Å². The molecule has 0 spiro atoms. The minimum Gasteiger partial charge on any atom is -0.364 e. The van der Waals surface area contributed by atoms with E-state index in [2.05, 4.69) is 20.2 Å². The van der Waals surface area contributed by atoms with Crippen molar-refractivity contribution in [2.24, 2.45) is 0 Å². The summed E-state index contributed by atoms with van der Waals surface area (Å²) in [5.41, 5.74) is 2.84. The Morgan fingerprint density at radius 3 is 2.87 bits per heavy atom. The number of nitrogens with zero attached hydrogens (tertiary/aromatic N) is 4. The van der Waals surface area contributed by atoms with Gasteiger partial charge in [-0.15, -0.1) is 0 Å². The molecule has 0 aliphatic carbocycles. The summed E-state index contributed by atoms with van der Waals surface area (Å²) in [6.07, 6.45) is 5.99. The van der Waals surface area contributed by atoms with Gasteiger partial charge in [-0.2, -0.15) is 0 Å². The fraction of sp³-hybridized carbons (Fsp3) is 0.353. The van der Waals surface area contributed by atoms with Crippen molar-refractivity contribution in [3.8, 4) is 0 Å². The van der Waals surface area contributed by atoms with Crippen molar-refractivity contribution in [1.82, 2.24) is 15.3 Å². The van der Waals surface area contributed by atoms with E-state index in [1.165, 1.54) is 0 Å². The molecule has 120 valence electrons. The van der Waals surface area contributed by atoms with Gasteiger partial charge < -0.3 is 13.9 Å². The number of rotatable bonds is 7. The topological polar surface area (TPSA) is 68.2 Å². The van der Waals surface area contributed by atoms with Gasteiger partial charge in [0.25, 0.3) is 0 Å². The third kappa shape index (κ3) is 3.97. The zero-order valence-corrected chi connectivity index (χ0v) is 13.4. The third-order valence-corrected chi connectivity index (χ3v) is 3.79. The second-order valence-corrected chi connectivity index (χ2v) is 5.60. The SMILES string of the molecule is Cc1nocc1Cc1cc(CCCN(C)c2ccccn2)on1. The van der Waals surface area contributed by atoms with Crippen LogP contribution in [0.5, 0.6) is 0 Å². The van der Waals surface area contributed by atoms with Gasteiger partial charge in [-0.1, -0.05) is 16.4 Å². The van der Waals surface area contributed by atoms with E-state index in [0.717, 1.165) is 47.9 Å². The van der Waals surface area contributed by atoms with Gasteiger partial charge in [0.05, 0.1) is 11.4 Å². The zero-order chi connectivity index (χ0) is 16.1. The van der Waals surface area contributed by atoms with Gasteiger partial charge in [-0.25, -0.2) is 4.98 Å². The lowest BCUT2D eigenvalue weighted by Crippen LogP contribution is -2.19. The van der Waals surface area contributed by atoms with Crippen molar-refractivity contribution in [3.63, 3.8) is 0 Å². The van der Waals surface area contributed by atoms with Crippen LogP contribution in [0.1, 0.15) is 29.1 Å². The minimum absolute atomic E-state index is 0.687. The lowest BCUT2D eigenvalue weighted by atomic mass is 10.1. The van der Waals surface area contributed by atoms with Crippen molar-refractivity contribution >= 4 is 5.82 Å². The Kier molecular flexibility index (Phi) is 4.71. The maximum atomic E-state index is 5.41. The third-order valence-electron chi connectivity index (χ3n) is 3.79. The number of hydrogen-bond acceptors (Lipinski definition) is 6. The average Bonchev–Trinajstić information content (AvgIpc) is 3.18. The highest BCUT2D eigenvalue weighted by molar-refractivity contribution is 5.36. The Labute approximate surface area is 135 Å². The first-order valence-corrected chi connectivity index (χ1v) is 7.69. The van der Waals surface area contributed by atoms with E-state index in [1.807, 2.05) is 38.2 Å². The summed E-state index contributed by atoms with van der Waals surface area (Å²) >= 11 is 0. The fourth-order valence-corrected chi connectivity index (χ4v) is 2.42. The van der Waals surface area contributed by atoms with Crippen LogP contribution < -0.4 is 4.90 Å². The Hall–Kier alpha value is -2.63. The van der Waals surface area contributed by atoms with E-state index < -0.39 is 0 Å². The molecule has 3 aromatic rings. The molecule has 0 aromatic carbocycles. The molecule has 0 saturated heterocycles. The Bertz CT molecular complexity index is 736. The summed E-state index contributed by atoms with van der Waals surface area (Å²) < 4.78 is 10.3. The van der Waals surface area contributed by atoms with Gasteiger partial charge in [0.2, 0.25) is 0 Å². The normalized spacial score (nSPS) is 10.9. The monoisotopic (exact) mass is 312 g/mol. The summed E-state index contributed by atoms with van der Waals surface area (Å²) in [7, 11) is 2.04. The number of hydrogen-bond donors (Lipinski definition) is 0. The van der Waals surface area contributed by atoms with E-state index in [9.17, 15) is 0 Å². The van der Waals surface area contributed by atoms with Gasteiger partial charge >= 0.3 is 0 Å². The highest BCUT2D eigenvalue weighted by Gasteiger charge is 2.09. The molecule has 23 heavy (non-hydrogen) atoms. The maximum absolute atomic E-state index is 5.41. The molecule has 0 fully saturated rings. The first-order chi connectivity index (χ1) is 11.2. The Morgan fingerprint density at radius 1 is 1.22 bits per heavy atom. The molecule has 0 N–H and O–H groups in total. The molecule has 6 nitrogen and oxygen atoms in total. The fourth-order valence-electron chi connectivity index (χ4n) is 2.42. The van der Waals surface area contributed by atoms with Gasteiger partial charge in [0, 0.05) is 44.3 Å². The molecule has 3 aromatic heterocycles. The predicted octanol–water partition coefficient (Wildman–Crippen LogP) is 3.03. The number of anilines is 1. The summed E-state index contributed by atoms with van der Waals surface area (Å²) in [5, 5.41) is 7.99. The smallest absolute Gasteiger partial charge is 0.137 e. The zero-order valence-electron chi connectivity index (χ0n) is 13.4. The van der Waals surface area contributed by atoms with Crippen LogP contribution in [0, 0.1) is 6.92 Å². The van der Waals surface area contributed by atoms with Gasteiger partial charge in [0.1, 0.15) is 17.8 Å². The van der Waals surface area contributed by atoms with Crippen LogP contribution in [-0.2, 0) is 12.8 Å². The van der Waals surface area contributed by atoms with Crippen LogP contribution in [0.3, 0.4) is 0 Å². The molecule has 0 aliphatic rings. The molecule has 0 unspecified atom stereocenters. The van der Waals surface area contributed by atoms with Gasteiger partial charge in [-0.3, -0.25) is 0 Å². The molecule has 3 heterocycles. The second-order valence-electron chi connectivity index (χ2n) is 5.60. The summed E-state index contributed by atoms with van der Waals surface area (Å²) in [6, 6.07) is 7.93. The highest BCUT2D eigenvalue weighted by Crippen LogP contribution is 2.14. The van der Waals surface area contributed by atoms with E-state index >= 15 is 0 Å². The molecular formula is C17H20N4O2. The molecule has 3 rings (SSSR count). The summed E-state index contributed by atoms with van der Waals surface area (Å²) in [6.45, 7) is 2.84. The minimum atomic E-state index is 0.687. The second kappa shape index (κ2) is 7.09. The van der Waals surface area contributed by atoms with Crippen LogP contribution in [0.4, 0.5) is 5.82 Å². The molecule has 0 aliphatic heterocycles. The molecule has 0 saturated carbocycles. The van der Waals surface area contributed by atoms with Crippen molar-refractivity contribution in [3.05, 3.63) is 59.4 Å². The number of aryl methyl sites for hydroxylation is 2. The molecule has 0 amide bonds. The Morgan fingerprint density at radius 2 is 2.13 bits per heavy atom. The number of aromatic nitrogens is 3. The summed E-state index contributed by atoms with van der Waals surface area (Å²) in [5.74, 6) is 1.89. The van der Waals surface area contributed by atoms with Gasteiger partial charge in [0.15, 0.2) is 0 Å². The molecule has 0 bridgehead atoms. The maximum Gasteiger partial charge on any atom is 0.137 e. The van der Waals surface area contributed by atoms with Crippen LogP contribution in [0.25, 0.3) is 0 Å². The standard InChI is InChI=1S/C17H20N4O2/c1-13-14(12-22-19-13)10-15-11-16(23-20-15)6-5-9-21(2)17-7-3-4-8-18-17/h3-4,7-8,11-12H,5-6,9-10H2,1-2H3. The van der Waals surface area contributed by atoms with E-state index in [-0.39, 0.29) is 0 Å². The lowest BCUT2D eigenvalue weighted by molar-refractivity contribution is 0.376. The first kappa shape index (κ1) is 15.3. The van der Waals surface area contributed by atoms with E-state index in [1.54, 1.807) is 12.5 Å². The highest BCUT2D eigenvalue weighted by atomic mass is 16.5. The van der Waals surface area contributed by atoms with Crippen molar-refractivity contribution < 1.29 is 9.05 Å². The largest absolute Gasteiger partial charge is 0.364 e. The van der Waals surface area contributed by atoms with Crippen molar-refractivity contribution in [2.45, 2.75) is 26.2 Å². The Balaban J connectivity index is 1.49. The van der Waals surface area contributed by atoms with Crippen molar-refractivity contribution in [2.75, 3.05) is 18.5 Å². The summed E-state index contributed by atoms with van der Waals surface area (Å²) in [4.78, 5) is 6.47. The molecular weight excluding hydrogens is 292 g/mol. The quantitative estimate of drug-likeness (QED) is 0.668. The van der Waals surface area contributed by atoms with Crippen LogP contribution >= 0.6 is 0 Å². The van der Waals surface area contributed by atoms with Crippen LogP contribution in [-0.4, -0.2) is 28.9 Å². The van der Waals surface area contributed by atoms with Gasteiger partial charge in [-0.05, 0) is 25.5 Å². The molecule has 0 atom stereocenters. The predicted molar refractivity (Wildman–Crippen MR) is 86.4 cm³/mol. The number of pyridine rings is 1. The van der Waals surface area contributed by atoms with Crippen LogP contribution in [0.2, 0.25) is 0 Å². The van der Waals surface area contributed by atoms with E-state index in [0.29, 0.717) is 6.42 Å². The average molecular weight is 312 g/mol. The lowest BCUT2D eigenvalue weighted by Gasteiger charge is -2.17. The molecule has 0 radical (unpaired) electrons. The molecule has 6 heteroatoms. The van der Waals surface area contributed by atoms with Crippen molar-refractivity contribution in [1.29, 1.82) is 0 Å². The van der Waals surface area contributed by atoms with E-state index in [4.69, 9.17) is 9.05 Å².